The average molecular weight is 340 g/mol. The van der Waals surface area contributed by atoms with Crippen molar-refractivity contribution in [2.24, 2.45) is 0 Å². The molecular formula is C15H12N6O2S. The van der Waals surface area contributed by atoms with Gasteiger partial charge < -0.3 is 4.98 Å². The number of fused-ring (bicyclic) bond motifs is 1. The Morgan fingerprint density at radius 3 is 2.79 bits per heavy atom. The van der Waals surface area contributed by atoms with Gasteiger partial charge in [0.15, 0.2) is 9.84 Å². The van der Waals surface area contributed by atoms with Crippen molar-refractivity contribution in [2.45, 2.75) is 4.90 Å². The number of H-pyrrole nitrogens is 2. The van der Waals surface area contributed by atoms with Gasteiger partial charge in [-0.25, -0.2) is 13.4 Å². The summed E-state index contributed by atoms with van der Waals surface area (Å²) < 4.78 is 24.4. The Bertz CT molecular complexity index is 1130. The van der Waals surface area contributed by atoms with E-state index in [4.69, 9.17) is 0 Å². The number of aromatic nitrogens is 6. The van der Waals surface area contributed by atoms with E-state index in [1.165, 1.54) is 6.07 Å². The number of nitrogens with zero attached hydrogens (tertiary/aromatic N) is 4. The van der Waals surface area contributed by atoms with E-state index in [1.54, 1.807) is 18.5 Å². The van der Waals surface area contributed by atoms with E-state index in [-0.39, 0.29) is 10.7 Å². The molecule has 0 unspecified atom stereocenters. The highest BCUT2D eigenvalue weighted by Gasteiger charge is 2.22. The van der Waals surface area contributed by atoms with Crippen LogP contribution < -0.4 is 0 Å². The molecule has 0 aliphatic heterocycles. The fourth-order valence-corrected chi connectivity index (χ4v) is 3.56. The normalized spacial score (nSPS) is 11.9. The fourth-order valence-electron chi connectivity index (χ4n) is 2.67. The lowest BCUT2D eigenvalue weighted by Gasteiger charge is -2.11. The zero-order valence-electron chi connectivity index (χ0n) is 12.6. The zero-order chi connectivity index (χ0) is 16.7. The first-order chi connectivity index (χ1) is 11.5. The molecule has 0 radical (unpaired) electrons. The molecule has 0 atom stereocenters. The van der Waals surface area contributed by atoms with Gasteiger partial charge in [0.25, 0.3) is 0 Å². The molecule has 0 spiro atoms. The van der Waals surface area contributed by atoms with Crippen LogP contribution in [0.15, 0.2) is 47.6 Å². The van der Waals surface area contributed by atoms with Crippen molar-refractivity contribution in [1.29, 1.82) is 0 Å². The smallest absolute Gasteiger partial charge is 0.206 e. The second-order valence-corrected chi connectivity index (χ2v) is 7.31. The first kappa shape index (κ1) is 14.5. The summed E-state index contributed by atoms with van der Waals surface area (Å²) in [7, 11) is -3.47. The van der Waals surface area contributed by atoms with Gasteiger partial charge in [0.1, 0.15) is 5.65 Å². The van der Waals surface area contributed by atoms with E-state index in [0.29, 0.717) is 11.1 Å². The molecular weight excluding hydrogens is 328 g/mol. The summed E-state index contributed by atoms with van der Waals surface area (Å²) >= 11 is 0. The van der Waals surface area contributed by atoms with Gasteiger partial charge in [0.05, 0.1) is 4.90 Å². The summed E-state index contributed by atoms with van der Waals surface area (Å²) in [5.74, 6) is 0.222. The predicted octanol–water partition coefficient (Wildman–Crippen LogP) is 1.81. The molecule has 0 saturated heterocycles. The molecule has 0 saturated carbocycles. The monoisotopic (exact) mass is 340 g/mol. The Labute approximate surface area is 136 Å². The van der Waals surface area contributed by atoms with Crippen molar-refractivity contribution in [1.82, 2.24) is 30.6 Å². The van der Waals surface area contributed by atoms with Gasteiger partial charge >= 0.3 is 0 Å². The lowest BCUT2D eigenvalue weighted by molar-refractivity contribution is 0.602. The first-order valence-electron chi connectivity index (χ1n) is 7.04. The van der Waals surface area contributed by atoms with E-state index in [0.717, 1.165) is 22.9 Å². The van der Waals surface area contributed by atoms with Crippen molar-refractivity contribution in [3.63, 3.8) is 0 Å². The molecule has 4 aromatic rings. The molecule has 9 heteroatoms. The molecule has 8 nitrogen and oxygen atoms in total. The third kappa shape index (κ3) is 2.35. The number of rotatable bonds is 3. The van der Waals surface area contributed by atoms with Crippen molar-refractivity contribution in [2.75, 3.05) is 6.26 Å². The van der Waals surface area contributed by atoms with Crippen LogP contribution >= 0.6 is 0 Å². The fraction of sp³-hybridized carbons (Fsp3) is 0.0667. The summed E-state index contributed by atoms with van der Waals surface area (Å²) in [4.78, 5) is 7.54. The summed E-state index contributed by atoms with van der Waals surface area (Å²) in [6.45, 7) is 0. The van der Waals surface area contributed by atoms with Gasteiger partial charge in [-0.3, -0.25) is 0 Å². The molecule has 1 aromatic carbocycles. The minimum Gasteiger partial charge on any atom is -0.346 e. The Kier molecular flexibility index (Phi) is 3.17. The number of tetrazole rings is 1. The van der Waals surface area contributed by atoms with Gasteiger partial charge in [0.2, 0.25) is 5.82 Å². The highest BCUT2D eigenvalue weighted by atomic mass is 32.2. The number of nitrogens with one attached hydrogen (secondary N) is 2. The largest absolute Gasteiger partial charge is 0.346 e. The van der Waals surface area contributed by atoms with Crippen LogP contribution in [0.25, 0.3) is 33.5 Å². The highest BCUT2D eigenvalue weighted by Crippen LogP contribution is 2.35. The van der Waals surface area contributed by atoms with Crippen LogP contribution in [0.5, 0.6) is 0 Å². The Hall–Kier alpha value is -3.07. The van der Waals surface area contributed by atoms with Crippen LogP contribution in [-0.4, -0.2) is 45.3 Å². The van der Waals surface area contributed by atoms with Crippen molar-refractivity contribution in [3.8, 4) is 22.5 Å². The molecule has 0 aliphatic rings. The summed E-state index contributed by atoms with van der Waals surface area (Å²) in [6.07, 6.45) is 4.64. The molecule has 120 valence electrons. The van der Waals surface area contributed by atoms with Crippen LogP contribution in [0.1, 0.15) is 0 Å². The van der Waals surface area contributed by atoms with Gasteiger partial charge in [-0.05, 0) is 29.0 Å². The lowest BCUT2D eigenvalue weighted by Crippen LogP contribution is -2.02. The maximum absolute atomic E-state index is 12.2. The number of aromatic amines is 2. The number of sulfone groups is 1. The Morgan fingerprint density at radius 2 is 2.04 bits per heavy atom. The molecule has 0 aliphatic carbocycles. The topological polar surface area (TPSA) is 117 Å². The minimum atomic E-state index is -3.47. The van der Waals surface area contributed by atoms with Gasteiger partial charge in [-0.1, -0.05) is 12.1 Å². The average Bonchev–Trinajstić information content (AvgIpc) is 3.24. The van der Waals surface area contributed by atoms with Crippen LogP contribution in [0, 0.1) is 0 Å². The predicted molar refractivity (Wildman–Crippen MR) is 87.8 cm³/mol. The molecule has 4 rings (SSSR count). The molecule has 24 heavy (non-hydrogen) atoms. The van der Waals surface area contributed by atoms with Crippen LogP contribution in [0.4, 0.5) is 0 Å². The van der Waals surface area contributed by atoms with Gasteiger partial charge in [0, 0.05) is 35.2 Å². The molecule has 0 bridgehead atoms. The third-order valence-corrected chi connectivity index (χ3v) is 4.84. The second kappa shape index (κ2) is 5.24. The van der Waals surface area contributed by atoms with Crippen LogP contribution in [0.3, 0.4) is 0 Å². The van der Waals surface area contributed by atoms with E-state index in [1.807, 2.05) is 18.2 Å². The number of pyridine rings is 1. The highest BCUT2D eigenvalue weighted by molar-refractivity contribution is 7.90. The van der Waals surface area contributed by atoms with Gasteiger partial charge in [-0.15, -0.1) is 10.2 Å². The maximum atomic E-state index is 12.2. The third-order valence-electron chi connectivity index (χ3n) is 3.71. The van der Waals surface area contributed by atoms with Crippen molar-refractivity contribution >= 4 is 20.9 Å². The Morgan fingerprint density at radius 1 is 1.17 bits per heavy atom. The minimum absolute atomic E-state index is 0.149. The maximum Gasteiger partial charge on any atom is 0.206 e. The number of hydrogen-bond donors (Lipinski definition) is 2. The van der Waals surface area contributed by atoms with Gasteiger partial charge in [-0.2, -0.15) is 5.21 Å². The molecule has 2 N–H and O–H groups in total. The van der Waals surface area contributed by atoms with Crippen LogP contribution in [0.2, 0.25) is 0 Å². The summed E-state index contributed by atoms with van der Waals surface area (Å²) in [5.41, 5.74) is 2.62. The van der Waals surface area contributed by atoms with Crippen molar-refractivity contribution < 1.29 is 8.42 Å². The van der Waals surface area contributed by atoms with E-state index in [9.17, 15) is 8.42 Å². The van der Waals surface area contributed by atoms with E-state index in [2.05, 4.69) is 30.6 Å². The SMILES string of the molecule is CS(=O)(=O)c1cccc(-c2cnc3[nH]ccc3c2)c1-c1nn[nH]n1. The standard InChI is InChI=1S/C15H12N6O2S/c1-24(22,23)12-4-2-3-11(13(12)15-18-20-21-19-15)10-7-9-5-6-16-14(9)17-8-10/h2-8H,1H3,(H,16,17)(H,18,19,20,21). The first-order valence-corrected chi connectivity index (χ1v) is 8.93. The molecule has 3 aromatic heterocycles. The Balaban J connectivity index is 2.05. The van der Waals surface area contributed by atoms with Crippen LogP contribution in [-0.2, 0) is 9.84 Å². The van der Waals surface area contributed by atoms with E-state index < -0.39 is 9.84 Å². The quantitative estimate of drug-likeness (QED) is 0.587. The summed E-state index contributed by atoms with van der Waals surface area (Å²) in [5, 5.41) is 14.8. The number of benzene rings is 1. The second-order valence-electron chi connectivity index (χ2n) is 5.33. The lowest BCUT2D eigenvalue weighted by atomic mass is 10.00. The van der Waals surface area contributed by atoms with E-state index >= 15 is 0 Å². The molecule has 0 fully saturated rings. The number of hydrogen-bond acceptors (Lipinski definition) is 6. The van der Waals surface area contributed by atoms with Crippen molar-refractivity contribution in [3.05, 3.63) is 42.7 Å². The summed E-state index contributed by atoms with van der Waals surface area (Å²) in [6, 6.07) is 8.88. The molecule has 0 amide bonds. The zero-order valence-corrected chi connectivity index (χ0v) is 13.4. The molecule has 3 heterocycles.